The maximum Gasteiger partial charge on any atom is 0.125 e. The van der Waals surface area contributed by atoms with Gasteiger partial charge in [0.25, 0.3) is 0 Å². The third kappa shape index (κ3) is 2.58. The standard InChI is InChI=1S/C11H16N2/c1-3-4-9-5-7-10(8-6-9)11(12)13-2/h5-8H,3-4H2,1-2H3,(H2,12,13). The molecular formula is C11H16N2. The number of hydrogen-bond donors (Lipinski definition) is 1. The topological polar surface area (TPSA) is 38.4 Å². The molecule has 0 fully saturated rings. The lowest BCUT2D eigenvalue weighted by molar-refractivity contribution is 0.922. The van der Waals surface area contributed by atoms with E-state index in [0.717, 1.165) is 12.0 Å². The van der Waals surface area contributed by atoms with E-state index in [1.807, 2.05) is 12.1 Å². The van der Waals surface area contributed by atoms with Crippen LogP contribution in [0.25, 0.3) is 0 Å². The zero-order valence-electron chi connectivity index (χ0n) is 8.25. The van der Waals surface area contributed by atoms with Crippen molar-refractivity contribution in [1.29, 1.82) is 0 Å². The van der Waals surface area contributed by atoms with Gasteiger partial charge in [-0.15, -0.1) is 0 Å². The van der Waals surface area contributed by atoms with Crippen LogP contribution >= 0.6 is 0 Å². The van der Waals surface area contributed by atoms with Crippen LogP contribution in [0.15, 0.2) is 29.3 Å². The van der Waals surface area contributed by atoms with E-state index >= 15 is 0 Å². The maximum absolute atomic E-state index is 5.67. The second kappa shape index (κ2) is 4.65. The van der Waals surface area contributed by atoms with Gasteiger partial charge in [0.1, 0.15) is 5.84 Å². The maximum atomic E-state index is 5.67. The number of benzene rings is 1. The molecule has 0 saturated heterocycles. The normalized spacial score (nSPS) is 11.7. The molecule has 0 spiro atoms. The van der Waals surface area contributed by atoms with Crippen molar-refractivity contribution in [3.8, 4) is 0 Å². The summed E-state index contributed by atoms with van der Waals surface area (Å²) in [6, 6.07) is 8.26. The van der Waals surface area contributed by atoms with Gasteiger partial charge >= 0.3 is 0 Å². The van der Waals surface area contributed by atoms with Crippen molar-refractivity contribution < 1.29 is 0 Å². The molecule has 2 N–H and O–H groups in total. The molecule has 0 aliphatic carbocycles. The molecule has 0 unspecified atom stereocenters. The van der Waals surface area contributed by atoms with Gasteiger partial charge in [-0.2, -0.15) is 0 Å². The second-order valence-corrected chi connectivity index (χ2v) is 3.06. The fourth-order valence-corrected chi connectivity index (χ4v) is 1.26. The first-order valence-corrected chi connectivity index (χ1v) is 4.59. The van der Waals surface area contributed by atoms with E-state index < -0.39 is 0 Å². The van der Waals surface area contributed by atoms with E-state index in [0.29, 0.717) is 5.84 Å². The van der Waals surface area contributed by atoms with Gasteiger partial charge in [-0.1, -0.05) is 37.6 Å². The molecule has 1 aromatic rings. The number of hydrogen-bond acceptors (Lipinski definition) is 1. The predicted molar refractivity (Wildman–Crippen MR) is 57.1 cm³/mol. The van der Waals surface area contributed by atoms with Gasteiger partial charge in [0.2, 0.25) is 0 Å². The van der Waals surface area contributed by atoms with E-state index in [2.05, 4.69) is 24.0 Å². The lowest BCUT2D eigenvalue weighted by Gasteiger charge is -2.01. The first kappa shape index (κ1) is 9.78. The third-order valence-electron chi connectivity index (χ3n) is 2.03. The number of nitrogens with zero attached hydrogens (tertiary/aromatic N) is 1. The summed E-state index contributed by atoms with van der Waals surface area (Å²) < 4.78 is 0. The van der Waals surface area contributed by atoms with Crippen LogP contribution < -0.4 is 5.73 Å². The van der Waals surface area contributed by atoms with Crippen molar-refractivity contribution >= 4 is 5.84 Å². The van der Waals surface area contributed by atoms with Gasteiger partial charge in [0.15, 0.2) is 0 Å². The van der Waals surface area contributed by atoms with Gasteiger partial charge in [0.05, 0.1) is 0 Å². The Morgan fingerprint density at radius 2 is 1.92 bits per heavy atom. The Bertz CT molecular complexity index is 285. The highest BCUT2D eigenvalue weighted by molar-refractivity contribution is 5.97. The first-order valence-electron chi connectivity index (χ1n) is 4.59. The summed E-state index contributed by atoms with van der Waals surface area (Å²) in [5, 5.41) is 0. The van der Waals surface area contributed by atoms with Crippen molar-refractivity contribution in [2.75, 3.05) is 7.05 Å². The number of aliphatic imine (C=N–C) groups is 1. The Kier molecular flexibility index (Phi) is 3.50. The van der Waals surface area contributed by atoms with E-state index in [1.165, 1.54) is 12.0 Å². The molecule has 13 heavy (non-hydrogen) atoms. The largest absolute Gasteiger partial charge is 0.384 e. The lowest BCUT2D eigenvalue weighted by atomic mass is 10.1. The number of aryl methyl sites for hydroxylation is 1. The Morgan fingerprint density at radius 3 is 2.38 bits per heavy atom. The summed E-state index contributed by atoms with van der Waals surface area (Å²) in [6.45, 7) is 2.18. The highest BCUT2D eigenvalue weighted by Crippen LogP contribution is 2.06. The molecule has 0 heterocycles. The molecule has 0 saturated carbocycles. The third-order valence-corrected chi connectivity index (χ3v) is 2.03. The van der Waals surface area contributed by atoms with Gasteiger partial charge in [-0.25, -0.2) is 0 Å². The van der Waals surface area contributed by atoms with Crippen LogP contribution in [0.4, 0.5) is 0 Å². The van der Waals surface area contributed by atoms with Crippen LogP contribution in [0.1, 0.15) is 24.5 Å². The van der Waals surface area contributed by atoms with Crippen molar-refractivity contribution in [2.24, 2.45) is 10.7 Å². The van der Waals surface area contributed by atoms with Crippen molar-refractivity contribution in [3.05, 3.63) is 35.4 Å². The summed E-state index contributed by atoms with van der Waals surface area (Å²) in [6.07, 6.45) is 2.31. The fraction of sp³-hybridized carbons (Fsp3) is 0.364. The highest BCUT2D eigenvalue weighted by atomic mass is 14.8. The Morgan fingerprint density at radius 1 is 1.31 bits per heavy atom. The van der Waals surface area contributed by atoms with Crippen LogP contribution in [0.3, 0.4) is 0 Å². The first-order chi connectivity index (χ1) is 6.27. The zero-order valence-corrected chi connectivity index (χ0v) is 8.25. The van der Waals surface area contributed by atoms with Crippen LogP contribution in [0, 0.1) is 0 Å². The molecule has 70 valence electrons. The Hall–Kier alpha value is -1.31. The molecule has 0 aromatic heterocycles. The highest BCUT2D eigenvalue weighted by Gasteiger charge is 1.96. The summed E-state index contributed by atoms with van der Waals surface area (Å²) in [4.78, 5) is 3.93. The van der Waals surface area contributed by atoms with Crippen LogP contribution in [0.5, 0.6) is 0 Å². The molecule has 0 bridgehead atoms. The lowest BCUT2D eigenvalue weighted by Crippen LogP contribution is -2.12. The number of rotatable bonds is 3. The van der Waals surface area contributed by atoms with Gasteiger partial charge in [-0.3, -0.25) is 4.99 Å². The average Bonchev–Trinajstić information content (AvgIpc) is 2.18. The summed E-state index contributed by atoms with van der Waals surface area (Å²) in [5.41, 5.74) is 8.03. The quantitative estimate of drug-likeness (QED) is 0.555. The smallest absolute Gasteiger partial charge is 0.125 e. The molecule has 2 heteroatoms. The summed E-state index contributed by atoms with van der Waals surface area (Å²) in [5.74, 6) is 0.600. The minimum Gasteiger partial charge on any atom is -0.384 e. The van der Waals surface area contributed by atoms with E-state index in [4.69, 9.17) is 5.73 Å². The van der Waals surface area contributed by atoms with Gasteiger partial charge in [-0.05, 0) is 12.0 Å². The minimum absolute atomic E-state index is 0.600. The molecule has 0 atom stereocenters. The molecule has 0 radical (unpaired) electrons. The van der Waals surface area contributed by atoms with Crippen LogP contribution in [-0.2, 0) is 6.42 Å². The van der Waals surface area contributed by atoms with Crippen LogP contribution in [-0.4, -0.2) is 12.9 Å². The van der Waals surface area contributed by atoms with E-state index in [1.54, 1.807) is 7.05 Å². The monoisotopic (exact) mass is 176 g/mol. The zero-order chi connectivity index (χ0) is 9.68. The minimum atomic E-state index is 0.600. The number of amidine groups is 1. The van der Waals surface area contributed by atoms with Gasteiger partial charge < -0.3 is 5.73 Å². The molecule has 0 aliphatic heterocycles. The molecule has 1 aromatic carbocycles. The Labute approximate surface area is 79.5 Å². The molecule has 0 aliphatic rings. The van der Waals surface area contributed by atoms with Crippen molar-refractivity contribution in [1.82, 2.24) is 0 Å². The SMILES string of the molecule is CCCc1ccc(C(N)=NC)cc1. The summed E-state index contributed by atoms with van der Waals surface area (Å²) in [7, 11) is 1.70. The molecule has 1 rings (SSSR count). The Balaban J connectivity index is 2.81. The molecule has 0 amide bonds. The average molecular weight is 176 g/mol. The van der Waals surface area contributed by atoms with Crippen LogP contribution in [0.2, 0.25) is 0 Å². The van der Waals surface area contributed by atoms with E-state index in [9.17, 15) is 0 Å². The molecular weight excluding hydrogens is 160 g/mol. The summed E-state index contributed by atoms with van der Waals surface area (Å²) >= 11 is 0. The van der Waals surface area contributed by atoms with Crippen molar-refractivity contribution in [2.45, 2.75) is 19.8 Å². The number of nitrogens with two attached hydrogens (primary N) is 1. The predicted octanol–water partition coefficient (Wildman–Crippen LogP) is 1.97. The van der Waals surface area contributed by atoms with Gasteiger partial charge in [0, 0.05) is 12.6 Å². The van der Waals surface area contributed by atoms with Crippen molar-refractivity contribution in [3.63, 3.8) is 0 Å². The fourth-order valence-electron chi connectivity index (χ4n) is 1.26. The molecule has 2 nitrogen and oxygen atoms in total. The second-order valence-electron chi connectivity index (χ2n) is 3.06. The van der Waals surface area contributed by atoms with E-state index in [-0.39, 0.29) is 0 Å².